The summed E-state index contributed by atoms with van der Waals surface area (Å²) in [5, 5.41) is 7.78. The molecule has 1 aliphatic rings. The molecule has 67 heavy (non-hydrogen) atoms. The summed E-state index contributed by atoms with van der Waals surface area (Å²) in [5.74, 6) is 0.557. The Hall–Kier alpha value is -7.72. The molecule has 2 nitrogen and oxygen atoms in total. The highest BCUT2D eigenvalue weighted by Crippen LogP contribution is 2.52. The van der Waals surface area contributed by atoms with Crippen LogP contribution in [0, 0.1) is 0 Å². The van der Waals surface area contributed by atoms with Crippen molar-refractivity contribution in [3.05, 3.63) is 230 Å². The lowest BCUT2D eigenvalue weighted by Crippen LogP contribution is -2.14. The minimum atomic E-state index is 0.557. The van der Waals surface area contributed by atoms with Crippen LogP contribution < -0.4 is 4.90 Å². The SMILES string of the molecule is c1ccc(-n2c3ccccc3c3cccc(-c4ccccc4N(c4ccccc4-c4cccc5c4sc4ccccc45)c4ccccc4-c4cccc5cccc(C6CCCCC6)c45)c32)cc1. The fourth-order valence-corrected chi connectivity index (χ4v) is 12.7. The summed E-state index contributed by atoms with van der Waals surface area (Å²) in [6, 6.07) is 83.6. The fourth-order valence-electron chi connectivity index (χ4n) is 11.5. The molecule has 3 heteroatoms. The Balaban J connectivity index is 1.12. The summed E-state index contributed by atoms with van der Waals surface area (Å²) in [5.41, 5.74) is 15.7. The Morgan fingerprint density at radius 2 is 0.910 bits per heavy atom. The summed E-state index contributed by atoms with van der Waals surface area (Å²) in [7, 11) is 0. The van der Waals surface area contributed by atoms with Gasteiger partial charge in [-0.3, -0.25) is 0 Å². The molecule has 1 aliphatic carbocycles. The van der Waals surface area contributed by atoms with Crippen molar-refractivity contribution in [1.82, 2.24) is 4.57 Å². The Morgan fingerprint density at radius 3 is 1.66 bits per heavy atom. The van der Waals surface area contributed by atoms with Crippen molar-refractivity contribution in [3.8, 4) is 39.1 Å². The highest BCUT2D eigenvalue weighted by atomic mass is 32.1. The lowest BCUT2D eigenvalue weighted by Gasteiger charge is -2.32. The van der Waals surface area contributed by atoms with Crippen molar-refractivity contribution in [1.29, 1.82) is 0 Å². The van der Waals surface area contributed by atoms with Crippen molar-refractivity contribution >= 4 is 81.1 Å². The van der Waals surface area contributed by atoms with Gasteiger partial charge in [-0.2, -0.15) is 0 Å². The first-order valence-corrected chi connectivity index (χ1v) is 24.7. The van der Waals surface area contributed by atoms with Gasteiger partial charge in [-0.15, -0.1) is 11.3 Å². The third-order valence-corrected chi connectivity index (χ3v) is 15.6. The van der Waals surface area contributed by atoms with Gasteiger partial charge in [-0.1, -0.05) is 201 Å². The van der Waals surface area contributed by atoms with E-state index >= 15 is 0 Å². The van der Waals surface area contributed by atoms with Crippen LogP contribution >= 0.6 is 11.3 Å². The predicted octanol–water partition coefficient (Wildman–Crippen LogP) is 18.8. The molecule has 0 unspecified atom stereocenters. The van der Waals surface area contributed by atoms with Gasteiger partial charge in [0.15, 0.2) is 0 Å². The number of hydrogen-bond acceptors (Lipinski definition) is 2. The zero-order valence-electron chi connectivity index (χ0n) is 37.3. The Labute approximate surface area is 395 Å². The Morgan fingerprint density at radius 1 is 0.388 bits per heavy atom. The Bertz CT molecular complexity index is 3810. The first-order chi connectivity index (χ1) is 33.3. The van der Waals surface area contributed by atoms with Crippen LogP contribution in [-0.4, -0.2) is 4.57 Å². The summed E-state index contributed by atoms with van der Waals surface area (Å²) in [6.07, 6.45) is 6.42. The second-order valence-corrected chi connectivity index (χ2v) is 19.2. The van der Waals surface area contributed by atoms with E-state index in [2.05, 4.69) is 234 Å². The number of rotatable bonds is 8. The monoisotopic (exact) mass is 876 g/mol. The third-order valence-electron chi connectivity index (χ3n) is 14.4. The normalized spacial score (nSPS) is 13.3. The lowest BCUT2D eigenvalue weighted by atomic mass is 9.80. The molecular weight excluding hydrogens is 829 g/mol. The maximum absolute atomic E-state index is 2.59. The van der Waals surface area contributed by atoms with Gasteiger partial charge in [0.25, 0.3) is 0 Å². The van der Waals surface area contributed by atoms with E-state index in [0.717, 1.165) is 22.7 Å². The van der Waals surface area contributed by atoms with Crippen LogP contribution in [-0.2, 0) is 0 Å². The van der Waals surface area contributed by atoms with Crippen molar-refractivity contribution in [2.24, 2.45) is 0 Å². The first-order valence-electron chi connectivity index (χ1n) is 23.9. The smallest absolute Gasteiger partial charge is 0.0620 e. The van der Waals surface area contributed by atoms with Crippen LogP contribution in [0.1, 0.15) is 43.6 Å². The van der Waals surface area contributed by atoms with Crippen LogP contribution in [0.3, 0.4) is 0 Å². The van der Waals surface area contributed by atoms with E-state index in [-0.39, 0.29) is 0 Å². The van der Waals surface area contributed by atoms with E-state index in [0.29, 0.717) is 5.92 Å². The predicted molar refractivity (Wildman–Crippen MR) is 288 cm³/mol. The molecular formula is C64H48N2S. The molecule has 0 saturated heterocycles. The molecule has 0 radical (unpaired) electrons. The summed E-state index contributed by atoms with van der Waals surface area (Å²) < 4.78 is 5.08. The van der Waals surface area contributed by atoms with Crippen molar-refractivity contribution in [2.45, 2.75) is 38.0 Å². The van der Waals surface area contributed by atoms with Gasteiger partial charge >= 0.3 is 0 Å². The van der Waals surface area contributed by atoms with Crippen molar-refractivity contribution in [2.75, 3.05) is 4.90 Å². The van der Waals surface area contributed by atoms with Gasteiger partial charge in [0, 0.05) is 64.4 Å². The van der Waals surface area contributed by atoms with Gasteiger partial charge < -0.3 is 9.47 Å². The second kappa shape index (κ2) is 16.6. The highest BCUT2D eigenvalue weighted by Gasteiger charge is 2.27. The van der Waals surface area contributed by atoms with E-state index < -0.39 is 0 Å². The van der Waals surface area contributed by atoms with Crippen molar-refractivity contribution in [3.63, 3.8) is 0 Å². The van der Waals surface area contributed by atoms with Gasteiger partial charge in [0.1, 0.15) is 0 Å². The van der Waals surface area contributed by atoms with E-state index in [9.17, 15) is 0 Å². The van der Waals surface area contributed by atoms with Crippen LogP contribution in [0.2, 0.25) is 0 Å². The van der Waals surface area contributed by atoms with E-state index in [1.165, 1.54) is 124 Å². The average molecular weight is 877 g/mol. The first kappa shape index (κ1) is 39.6. The zero-order valence-corrected chi connectivity index (χ0v) is 38.1. The molecule has 13 rings (SSSR count). The van der Waals surface area contributed by atoms with Gasteiger partial charge in [-0.05, 0) is 83.1 Å². The molecule has 320 valence electrons. The molecule has 1 saturated carbocycles. The number of fused-ring (bicyclic) bond motifs is 7. The van der Waals surface area contributed by atoms with Crippen LogP contribution in [0.5, 0.6) is 0 Å². The number of benzene rings is 10. The number of anilines is 3. The zero-order chi connectivity index (χ0) is 44.3. The topological polar surface area (TPSA) is 8.17 Å². The maximum Gasteiger partial charge on any atom is 0.0620 e. The minimum Gasteiger partial charge on any atom is -0.309 e. The van der Waals surface area contributed by atoms with Crippen molar-refractivity contribution < 1.29 is 0 Å². The third kappa shape index (κ3) is 6.60. The molecule has 0 bridgehead atoms. The minimum absolute atomic E-state index is 0.557. The second-order valence-electron chi connectivity index (χ2n) is 18.1. The quantitative estimate of drug-likeness (QED) is 0.148. The number of para-hydroxylation sites is 6. The van der Waals surface area contributed by atoms with E-state index in [1.807, 2.05) is 11.3 Å². The average Bonchev–Trinajstić information content (AvgIpc) is 3.96. The summed E-state index contributed by atoms with van der Waals surface area (Å²) in [6.45, 7) is 0. The molecule has 0 atom stereocenters. The molecule has 0 N–H and O–H groups in total. The molecule has 0 aliphatic heterocycles. The number of hydrogen-bond donors (Lipinski definition) is 0. The van der Waals surface area contributed by atoms with Crippen LogP contribution in [0.4, 0.5) is 17.1 Å². The molecule has 0 spiro atoms. The molecule has 1 fully saturated rings. The van der Waals surface area contributed by atoms with Crippen LogP contribution in [0.25, 0.3) is 91.8 Å². The summed E-state index contributed by atoms with van der Waals surface area (Å²) in [4.78, 5) is 2.59. The van der Waals surface area contributed by atoms with E-state index in [4.69, 9.17) is 0 Å². The molecule has 2 heterocycles. The largest absolute Gasteiger partial charge is 0.309 e. The van der Waals surface area contributed by atoms with Gasteiger partial charge in [0.2, 0.25) is 0 Å². The lowest BCUT2D eigenvalue weighted by molar-refractivity contribution is 0.445. The molecule has 12 aromatic rings. The maximum atomic E-state index is 2.59. The number of nitrogens with zero attached hydrogens (tertiary/aromatic N) is 2. The standard InChI is InChI=1S/C64H48N2S/c1-3-21-43(22-4-1)46-32-17-23-44-24-18-33-52(62(44)46)47-27-7-13-39-58(47)66(60-41-15-10-30-50(60)55-36-20-37-56-51-31-11-16-42-61(51)67-64(55)56)59-40-14-9-29-49(59)54-35-19-34-53-48-28-8-12-38-57(48)65(63(53)54)45-25-5-2-6-26-45/h2,5-20,23-43H,1,3-4,21-22H2. The molecule has 0 amide bonds. The van der Waals surface area contributed by atoms with E-state index in [1.54, 1.807) is 0 Å². The number of thiophene rings is 1. The highest BCUT2D eigenvalue weighted by molar-refractivity contribution is 7.26. The molecule has 10 aromatic carbocycles. The van der Waals surface area contributed by atoms with Gasteiger partial charge in [0.05, 0.1) is 28.1 Å². The van der Waals surface area contributed by atoms with Crippen LogP contribution in [0.15, 0.2) is 224 Å². The fraction of sp³-hybridized carbons (Fsp3) is 0.0938. The number of aromatic nitrogens is 1. The molecule has 2 aromatic heterocycles. The Kier molecular flexibility index (Phi) is 9.83. The summed E-state index contributed by atoms with van der Waals surface area (Å²) >= 11 is 1.89. The van der Waals surface area contributed by atoms with Gasteiger partial charge in [-0.25, -0.2) is 0 Å².